The molecule has 0 bridgehead atoms. The molecule has 9 heteroatoms. The number of fused-ring (bicyclic) bond motifs is 2. The van der Waals surface area contributed by atoms with Gasteiger partial charge < -0.3 is 14.8 Å². The van der Waals surface area contributed by atoms with Crippen molar-refractivity contribution in [1.82, 2.24) is 5.32 Å². The van der Waals surface area contributed by atoms with Gasteiger partial charge in [0.15, 0.2) is 15.8 Å². The summed E-state index contributed by atoms with van der Waals surface area (Å²) in [6.45, 7) is 0. The van der Waals surface area contributed by atoms with Crippen LogP contribution in [-0.2, 0) is 11.2 Å². The maximum absolute atomic E-state index is 13.6. The van der Waals surface area contributed by atoms with Gasteiger partial charge in [0.1, 0.15) is 5.69 Å². The quantitative estimate of drug-likeness (QED) is 0.589. The van der Waals surface area contributed by atoms with Gasteiger partial charge in [-0.15, -0.1) is 0 Å². The van der Waals surface area contributed by atoms with Crippen LogP contribution in [0.2, 0.25) is 0 Å². The van der Waals surface area contributed by atoms with Crippen LogP contribution in [0.15, 0.2) is 82.6 Å². The van der Waals surface area contributed by atoms with Crippen LogP contribution in [0.1, 0.15) is 32.3 Å². The highest BCUT2D eigenvalue weighted by Crippen LogP contribution is 2.37. The summed E-state index contributed by atoms with van der Waals surface area (Å²) in [6, 6.07) is 15.3. The van der Waals surface area contributed by atoms with E-state index in [4.69, 9.17) is 0 Å². The normalized spacial score (nSPS) is 16.6. The van der Waals surface area contributed by atoms with Crippen molar-refractivity contribution < 1.29 is 27.3 Å². The maximum Gasteiger partial charge on any atom is 0.412 e. The Hall–Kier alpha value is -3.30. The van der Waals surface area contributed by atoms with E-state index in [1.165, 1.54) is 54.4 Å². The molecule has 2 unspecified atom stereocenters. The van der Waals surface area contributed by atoms with Gasteiger partial charge in [0.05, 0.1) is 5.56 Å². The van der Waals surface area contributed by atoms with Crippen LogP contribution in [0.25, 0.3) is 0 Å². The first kappa shape index (κ1) is 21.9. The number of halogens is 3. The third-order valence-corrected chi connectivity index (χ3v) is 6.64. The molecule has 0 radical (unpaired) electrons. The molecule has 1 heterocycles. The lowest BCUT2D eigenvalue weighted by atomic mass is 10.1. The predicted molar refractivity (Wildman–Crippen MR) is 113 cm³/mol. The standard InChI is InChI=1S/C23H17F3N2O3S/c1-28-17-13-15(21(29)27-20(23(24,25)26)14-7-3-2-4-8-14)11-12-19(17)32(31)18-10-6-5-9-16(18)22(28)30/h2-13,20H,1H3,(H,27,29). The molecule has 0 saturated carbocycles. The van der Waals surface area contributed by atoms with E-state index < -0.39 is 35.2 Å². The highest BCUT2D eigenvalue weighted by Gasteiger charge is 2.42. The summed E-state index contributed by atoms with van der Waals surface area (Å²) in [5.41, 5.74) is 0.265. The van der Waals surface area contributed by atoms with E-state index in [0.29, 0.717) is 4.90 Å². The van der Waals surface area contributed by atoms with Crippen LogP contribution >= 0.6 is 0 Å². The average molecular weight is 458 g/mol. The number of hydrogen-bond donors (Lipinski definition) is 1. The second-order valence-electron chi connectivity index (χ2n) is 7.17. The molecule has 1 aliphatic rings. The molecular formula is C23H17F3N2O3S. The van der Waals surface area contributed by atoms with Gasteiger partial charge in [-0.3, -0.25) is 9.59 Å². The minimum Gasteiger partial charge on any atom is -0.606 e. The molecule has 0 spiro atoms. The number of nitrogens with zero attached hydrogens (tertiary/aromatic N) is 1. The Labute approximate surface area is 185 Å². The highest BCUT2D eigenvalue weighted by molar-refractivity contribution is 7.91. The van der Waals surface area contributed by atoms with Crippen molar-refractivity contribution in [2.75, 3.05) is 11.9 Å². The fourth-order valence-corrected chi connectivity index (χ4v) is 4.88. The van der Waals surface area contributed by atoms with E-state index in [-0.39, 0.29) is 27.3 Å². The zero-order chi connectivity index (χ0) is 23.0. The van der Waals surface area contributed by atoms with Gasteiger partial charge in [-0.05, 0) is 35.9 Å². The van der Waals surface area contributed by atoms with Crippen molar-refractivity contribution in [1.29, 1.82) is 0 Å². The number of amides is 2. The molecular weight excluding hydrogens is 441 g/mol. The molecule has 32 heavy (non-hydrogen) atoms. The van der Waals surface area contributed by atoms with Crippen LogP contribution < -0.4 is 10.2 Å². The summed E-state index contributed by atoms with van der Waals surface area (Å²) in [6.07, 6.45) is -4.71. The lowest BCUT2D eigenvalue weighted by Crippen LogP contribution is -2.38. The number of benzene rings is 3. The van der Waals surface area contributed by atoms with Crippen LogP contribution in [0.4, 0.5) is 18.9 Å². The van der Waals surface area contributed by atoms with Gasteiger partial charge in [-0.2, -0.15) is 13.2 Å². The second kappa shape index (κ2) is 8.33. The van der Waals surface area contributed by atoms with Gasteiger partial charge in [-0.25, -0.2) is 0 Å². The molecule has 164 valence electrons. The van der Waals surface area contributed by atoms with Crippen molar-refractivity contribution in [2.45, 2.75) is 22.0 Å². The Balaban J connectivity index is 1.70. The zero-order valence-corrected chi connectivity index (χ0v) is 17.5. The minimum absolute atomic E-state index is 0.0865. The van der Waals surface area contributed by atoms with E-state index >= 15 is 0 Å². The van der Waals surface area contributed by atoms with E-state index in [2.05, 4.69) is 0 Å². The lowest BCUT2D eigenvalue weighted by Gasteiger charge is -2.23. The highest BCUT2D eigenvalue weighted by atomic mass is 32.2. The third-order valence-electron chi connectivity index (χ3n) is 5.14. The number of carbonyl (C=O) groups is 2. The van der Waals surface area contributed by atoms with Gasteiger partial charge >= 0.3 is 6.18 Å². The number of nitrogens with one attached hydrogen (secondary N) is 1. The fourth-order valence-electron chi connectivity index (χ4n) is 3.51. The third kappa shape index (κ3) is 3.96. The summed E-state index contributed by atoms with van der Waals surface area (Å²) >= 11 is -1.70. The number of carbonyl (C=O) groups excluding carboxylic acids is 2. The Morgan fingerprint density at radius 2 is 1.66 bits per heavy atom. The summed E-state index contributed by atoms with van der Waals surface area (Å²) in [5, 5.41) is 2.02. The Morgan fingerprint density at radius 1 is 1.00 bits per heavy atom. The summed E-state index contributed by atoms with van der Waals surface area (Å²) in [7, 11) is 1.46. The SMILES string of the molecule is CN1C(=O)c2ccccc2[S+]([O-])c2ccc(C(=O)NC(c3ccccc3)C(F)(F)F)cc21. The lowest BCUT2D eigenvalue weighted by molar-refractivity contribution is -0.155. The van der Waals surface area contributed by atoms with Gasteiger partial charge in [0, 0.05) is 23.8 Å². The van der Waals surface area contributed by atoms with Crippen LogP contribution in [0, 0.1) is 0 Å². The van der Waals surface area contributed by atoms with E-state index in [1.807, 2.05) is 5.32 Å². The summed E-state index contributed by atoms with van der Waals surface area (Å²) < 4.78 is 53.9. The average Bonchev–Trinajstić information content (AvgIpc) is 2.87. The Kier molecular flexibility index (Phi) is 5.70. The number of anilines is 1. The summed E-state index contributed by atoms with van der Waals surface area (Å²) in [5.74, 6) is -1.39. The molecule has 0 fully saturated rings. The smallest absolute Gasteiger partial charge is 0.412 e. The van der Waals surface area contributed by atoms with Gasteiger partial charge in [0.25, 0.3) is 11.8 Å². The number of rotatable bonds is 3. The molecule has 1 N–H and O–H groups in total. The first-order chi connectivity index (χ1) is 15.2. The molecule has 3 aromatic rings. The van der Waals surface area contributed by atoms with E-state index in [9.17, 15) is 27.3 Å². The Morgan fingerprint density at radius 3 is 2.34 bits per heavy atom. The number of alkyl halides is 3. The van der Waals surface area contributed by atoms with E-state index in [1.54, 1.807) is 30.3 Å². The minimum atomic E-state index is -4.71. The van der Waals surface area contributed by atoms with Crippen molar-refractivity contribution in [3.05, 3.63) is 89.5 Å². The molecule has 0 saturated heterocycles. The molecule has 5 nitrogen and oxygen atoms in total. The summed E-state index contributed by atoms with van der Waals surface area (Å²) in [4.78, 5) is 27.5. The zero-order valence-electron chi connectivity index (χ0n) is 16.7. The van der Waals surface area contributed by atoms with Crippen molar-refractivity contribution in [3.63, 3.8) is 0 Å². The first-order valence-electron chi connectivity index (χ1n) is 9.54. The topological polar surface area (TPSA) is 72.5 Å². The fraction of sp³-hybridized carbons (Fsp3) is 0.130. The van der Waals surface area contributed by atoms with Crippen LogP contribution in [-0.4, -0.2) is 29.6 Å². The Bertz CT molecular complexity index is 1180. The first-order valence-corrected chi connectivity index (χ1v) is 10.7. The van der Waals surface area contributed by atoms with Gasteiger partial charge in [-0.1, -0.05) is 42.5 Å². The second-order valence-corrected chi connectivity index (χ2v) is 8.59. The van der Waals surface area contributed by atoms with E-state index in [0.717, 1.165) is 0 Å². The van der Waals surface area contributed by atoms with Crippen LogP contribution in [0.3, 0.4) is 0 Å². The van der Waals surface area contributed by atoms with Crippen molar-refractivity contribution >= 4 is 28.7 Å². The van der Waals surface area contributed by atoms with Crippen molar-refractivity contribution in [2.24, 2.45) is 0 Å². The molecule has 0 aromatic heterocycles. The number of hydrogen-bond acceptors (Lipinski definition) is 3. The molecule has 2 atom stereocenters. The monoisotopic (exact) mass is 458 g/mol. The van der Waals surface area contributed by atoms with Crippen molar-refractivity contribution in [3.8, 4) is 0 Å². The van der Waals surface area contributed by atoms with Gasteiger partial charge in [0.2, 0.25) is 0 Å². The molecule has 2 amide bonds. The van der Waals surface area contributed by atoms with Crippen LogP contribution in [0.5, 0.6) is 0 Å². The maximum atomic E-state index is 13.6. The molecule has 0 aliphatic carbocycles. The molecule has 4 rings (SSSR count). The molecule has 1 aliphatic heterocycles. The predicted octanol–water partition coefficient (Wildman–Crippen LogP) is 4.48. The molecule has 3 aromatic carbocycles. The largest absolute Gasteiger partial charge is 0.606 e.